The Labute approximate surface area is 106 Å². The van der Waals surface area contributed by atoms with Gasteiger partial charge in [-0.1, -0.05) is 0 Å². The van der Waals surface area contributed by atoms with E-state index in [0.717, 1.165) is 19.8 Å². The molecule has 17 heavy (non-hydrogen) atoms. The molecule has 0 amide bonds. The molecule has 0 aliphatic heterocycles. The van der Waals surface area contributed by atoms with Crippen LogP contribution in [0.15, 0.2) is 12.1 Å². The van der Waals surface area contributed by atoms with Gasteiger partial charge >= 0.3 is 0 Å². The van der Waals surface area contributed by atoms with Gasteiger partial charge in [-0.2, -0.15) is 0 Å². The molecule has 0 atom stereocenters. The highest BCUT2D eigenvalue weighted by Crippen LogP contribution is 2.29. The molecular weight excluding hydrogens is 234 g/mol. The lowest BCUT2D eigenvalue weighted by Gasteiger charge is -2.03. The average Bonchev–Trinajstić information content (AvgIpc) is 2.84. The van der Waals surface area contributed by atoms with Crippen LogP contribution in [0.1, 0.15) is 24.4 Å². The number of nitrogens with zero attached hydrogens (tertiary/aromatic N) is 1. The second-order valence-electron chi connectivity index (χ2n) is 3.93. The number of rotatable bonds is 6. The minimum atomic E-state index is 0.690. The fourth-order valence-corrected chi connectivity index (χ4v) is 2.92. The normalized spacial score (nSPS) is 11.5. The van der Waals surface area contributed by atoms with E-state index in [0.29, 0.717) is 6.61 Å². The highest BCUT2D eigenvalue weighted by molar-refractivity contribution is 7.19. The lowest BCUT2D eigenvalue weighted by molar-refractivity contribution is 0.129. The van der Waals surface area contributed by atoms with Crippen LogP contribution in [0.5, 0.6) is 0 Å². The van der Waals surface area contributed by atoms with Crippen molar-refractivity contribution in [1.29, 1.82) is 0 Å². The Morgan fingerprint density at radius 2 is 1.82 bits per heavy atom. The highest BCUT2D eigenvalue weighted by Gasteiger charge is 2.09. The number of thiophene rings is 1. The molecule has 0 radical (unpaired) electrons. The van der Waals surface area contributed by atoms with E-state index < -0.39 is 0 Å². The van der Waals surface area contributed by atoms with Crippen molar-refractivity contribution in [2.75, 3.05) is 13.2 Å². The van der Waals surface area contributed by atoms with E-state index in [4.69, 9.17) is 9.47 Å². The molecule has 0 spiro atoms. The summed E-state index contributed by atoms with van der Waals surface area (Å²) in [6, 6.07) is 4.43. The van der Waals surface area contributed by atoms with Gasteiger partial charge in [-0.05, 0) is 26.0 Å². The molecular formula is C13H19NO2S. The maximum absolute atomic E-state index is 5.45. The van der Waals surface area contributed by atoms with Gasteiger partial charge in [0.2, 0.25) is 0 Å². The molecule has 0 aromatic carbocycles. The summed E-state index contributed by atoms with van der Waals surface area (Å²) in [5.74, 6) is 0. The molecule has 2 aromatic rings. The van der Waals surface area contributed by atoms with Gasteiger partial charge in [-0.3, -0.25) is 0 Å². The predicted molar refractivity (Wildman–Crippen MR) is 71.5 cm³/mol. The minimum Gasteiger partial charge on any atom is -0.376 e. The molecule has 0 unspecified atom stereocenters. The zero-order valence-electron chi connectivity index (χ0n) is 10.7. The zero-order valence-corrected chi connectivity index (χ0v) is 11.5. The summed E-state index contributed by atoms with van der Waals surface area (Å²) in [5, 5.41) is 0. The Hall–Kier alpha value is -0.840. The van der Waals surface area contributed by atoms with E-state index in [1.807, 2.05) is 13.8 Å². The van der Waals surface area contributed by atoms with Crippen molar-refractivity contribution in [3.8, 4) is 0 Å². The smallest absolute Gasteiger partial charge is 0.0868 e. The summed E-state index contributed by atoms with van der Waals surface area (Å²) in [6.45, 7) is 6.98. The summed E-state index contributed by atoms with van der Waals surface area (Å²) in [5.41, 5.74) is 2.51. The van der Waals surface area contributed by atoms with Crippen molar-refractivity contribution in [3.05, 3.63) is 22.7 Å². The summed E-state index contributed by atoms with van der Waals surface area (Å²) in [4.78, 5) is 1.29. The summed E-state index contributed by atoms with van der Waals surface area (Å²) >= 11 is 1.80. The number of ether oxygens (including phenoxy) is 2. The SMILES string of the molecule is CCOCc1cc2c(cc(COCC)n2C)s1. The molecule has 3 nitrogen and oxygen atoms in total. The molecule has 0 aliphatic rings. The third-order valence-corrected chi connectivity index (χ3v) is 3.83. The number of aromatic nitrogens is 1. The van der Waals surface area contributed by atoms with Crippen LogP contribution in [-0.4, -0.2) is 17.8 Å². The van der Waals surface area contributed by atoms with Gasteiger partial charge in [-0.15, -0.1) is 11.3 Å². The van der Waals surface area contributed by atoms with Crippen LogP contribution < -0.4 is 0 Å². The molecule has 94 valence electrons. The van der Waals surface area contributed by atoms with Crippen LogP contribution in [0, 0.1) is 0 Å². The van der Waals surface area contributed by atoms with Gasteiger partial charge in [0.1, 0.15) is 0 Å². The van der Waals surface area contributed by atoms with Crippen LogP contribution in [-0.2, 0) is 29.7 Å². The Balaban J connectivity index is 2.19. The third-order valence-electron chi connectivity index (χ3n) is 2.78. The standard InChI is InChI=1S/C13H19NO2S/c1-4-15-8-10-6-13-12(14(10)3)7-11(17-13)9-16-5-2/h6-7H,4-5,8-9H2,1-3H3. The molecule has 0 fully saturated rings. The van der Waals surface area contributed by atoms with Crippen molar-refractivity contribution in [2.24, 2.45) is 7.05 Å². The minimum absolute atomic E-state index is 0.690. The Bertz CT molecular complexity index is 487. The first-order valence-corrected chi connectivity index (χ1v) is 6.80. The molecule has 0 saturated carbocycles. The van der Waals surface area contributed by atoms with Gasteiger partial charge in [0.25, 0.3) is 0 Å². The second kappa shape index (κ2) is 5.67. The number of hydrogen-bond donors (Lipinski definition) is 0. The predicted octanol–water partition coefficient (Wildman–Crippen LogP) is 3.31. The van der Waals surface area contributed by atoms with E-state index in [9.17, 15) is 0 Å². The van der Waals surface area contributed by atoms with Crippen LogP contribution in [0.25, 0.3) is 10.2 Å². The van der Waals surface area contributed by atoms with Crippen molar-refractivity contribution < 1.29 is 9.47 Å². The average molecular weight is 253 g/mol. The van der Waals surface area contributed by atoms with Gasteiger partial charge in [-0.25, -0.2) is 0 Å². The van der Waals surface area contributed by atoms with Crippen molar-refractivity contribution in [1.82, 2.24) is 4.57 Å². The topological polar surface area (TPSA) is 23.4 Å². The van der Waals surface area contributed by atoms with E-state index in [-0.39, 0.29) is 0 Å². The molecule has 0 bridgehead atoms. The van der Waals surface area contributed by atoms with Crippen molar-refractivity contribution >= 4 is 21.6 Å². The Kier molecular flexibility index (Phi) is 4.20. The summed E-state index contributed by atoms with van der Waals surface area (Å²) in [6.07, 6.45) is 0. The molecule has 0 aliphatic carbocycles. The molecule has 2 heterocycles. The second-order valence-corrected chi connectivity index (χ2v) is 5.10. The third kappa shape index (κ3) is 2.70. The first-order chi connectivity index (χ1) is 8.26. The highest BCUT2D eigenvalue weighted by atomic mass is 32.1. The summed E-state index contributed by atoms with van der Waals surface area (Å²) < 4.78 is 14.4. The van der Waals surface area contributed by atoms with Crippen LogP contribution in [0.3, 0.4) is 0 Å². The van der Waals surface area contributed by atoms with Crippen LogP contribution in [0.2, 0.25) is 0 Å². The Morgan fingerprint density at radius 1 is 1.12 bits per heavy atom. The fraction of sp³-hybridized carbons (Fsp3) is 0.538. The molecule has 2 rings (SSSR count). The number of hydrogen-bond acceptors (Lipinski definition) is 3. The first-order valence-electron chi connectivity index (χ1n) is 5.98. The number of aryl methyl sites for hydroxylation is 1. The molecule has 0 saturated heterocycles. The maximum atomic E-state index is 5.45. The van der Waals surface area contributed by atoms with Crippen LogP contribution >= 0.6 is 11.3 Å². The number of fused-ring (bicyclic) bond motifs is 1. The van der Waals surface area contributed by atoms with Crippen LogP contribution in [0.4, 0.5) is 0 Å². The molecule has 4 heteroatoms. The zero-order chi connectivity index (χ0) is 12.3. The monoisotopic (exact) mass is 253 g/mol. The van der Waals surface area contributed by atoms with Gasteiger partial charge in [0.15, 0.2) is 0 Å². The Morgan fingerprint density at radius 3 is 2.47 bits per heavy atom. The molecule has 2 aromatic heterocycles. The van der Waals surface area contributed by atoms with Crippen molar-refractivity contribution in [3.63, 3.8) is 0 Å². The van der Waals surface area contributed by atoms with E-state index >= 15 is 0 Å². The lowest BCUT2D eigenvalue weighted by atomic mass is 10.4. The maximum Gasteiger partial charge on any atom is 0.0868 e. The van der Waals surface area contributed by atoms with Gasteiger partial charge < -0.3 is 14.0 Å². The van der Waals surface area contributed by atoms with E-state index in [1.54, 1.807) is 11.3 Å². The van der Waals surface area contributed by atoms with Crippen molar-refractivity contribution in [2.45, 2.75) is 27.1 Å². The first kappa shape index (κ1) is 12.6. The van der Waals surface area contributed by atoms with E-state index in [2.05, 4.69) is 23.7 Å². The van der Waals surface area contributed by atoms with Gasteiger partial charge in [0, 0.05) is 30.8 Å². The van der Waals surface area contributed by atoms with E-state index in [1.165, 1.54) is 20.8 Å². The largest absolute Gasteiger partial charge is 0.376 e. The quantitative estimate of drug-likeness (QED) is 0.788. The fourth-order valence-electron chi connectivity index (χ4n) is 1.83. The lowest BCUT2D eigenvalue weighted by Crippen LogP contribution is -1.99. The molecule has 0 N–H and O–H groups in total. The van der Waals surface area contributed by atoms with Gasteiger partial charge in [0.05, 0.1) is 23.4 Å². The summed E-state index contributed by atoms with van der Waals surface area (Å²) in [7, 11) is 2.09.